The molecule has 2 rings (SSSR count). The van der Waals surface area contributed by atoms with E-state index in [4.69, 9.17) is 23.9 Å². The van der Waals surface area contributed by atoms with Crippen molar-refractivity contribution in [3.05, 3.63) is 0 Å². The third-order valence-corrected chi connectivity index (χ3v) is 4.96. The molecular formula is C20H40IN3O4. The molecule has 0 amide bonds. The van der Waals surface area contributed by atoms with E-state index in [1.165, 1.54) is 6.42 Å². The molecule has 166 valence electrons. The largest absolute Gasteiger partial charge is 0.385 e. The maximum atomic E-state index is 5.95. The molecule has 2 saturated heterocycles. The van der Waals surface area contributed by atoms with Gasteiger partial charge in [0.2, 0.25) is 0 Å². The van der Waals surface area contributed by atoms with Gasteiger partial charge in [-0.25, -0.2) is 0 Å². The van der Waals surface area contributed by atoms with Gasteiger partial charge in [0.25, 0.3) is 0 Å². The number of nitrogens with one attached hydrogen (secondary N) is 1. The first-order valence-electron chi connectivity index (χ1n) is 10.7. The minimum absolute atomic E-state index is 0. The van der Waals surface area contributed by atoms with Gasteiger partial charge in [-0.05, 0) is 45.4 Å². The van der Waals surface area contributed by atoms with Gasteiger partial charge in [-0.1, -0.05) is 0 Å². The zero-order chi connectivity index (χ0) is 19.2. The first kappa shape index (κ1) is 25.9. The van der Waals surface area contributed by atoms with E-state index in [9.17, 15) is 0 Å². The number of methoxy groups -OCH3 is 1. The van der Waals surface area contributed by atoms with Crippen molar-refractivity contribution < 1.29 is 18.9 Å². The Bertz CT molecular complexity index is 401. The number of guanidine groups is 1. The van der Waals surface area contributed by atoms with Gasteiger partial charge in [0.05, 0.1) is 18.8 Å². The summed E-state index contributed by atoms with van der Waals surface area (Å²) in [5.41, 5.74) is 0. The Balaban J connectivity index is 0.00000392. The highest BCUT2D eigenvalue weighted by Crippen LogP contribution is 2.14. The van der Waals surface area contributed by atoms with Crippen molar-refractivity contribution in [3.8, 4) is 0 Å². The maximum absolute atomic E-state index is 5.95. The van der Waals surface area contributed by atoms with Crippen LogP contribution in [0.15, 0.2) is 4.99 Å². The fraction of sp³-hybridized carbons (Fsp3) is 0.950. The highest BCUT2D eigenvalue weighted by atomic mass is 127. The molecule has 0 radical (unpaired) electrons. The van der Waals surface area contributed by atoms with E-state index in [1.807, 2.05) is 0 Å². The van der Waals surface area contributed by atoms with Crippen molar-refractivity contribution >= 4 is 29.9 Å². The van der Waals surface area contributed by atoms with Crippen molar-refractivity contribution in [3.63, 3.8) is 0 Å². The number of likely N-dealkylation sites (tertiary alicyclic amines) is 1. The molecule has 8 heteroatoms. The lowest BCUT2D eigenvalue weighted by Gasteiger charge is -2.34. The Morgan fingerprint density at radius 2 is 1.96 bits per heavy atom. The van der Waals surface area contributed by atoms with Gasteiger partial charge in [-0.15, -0.1) is 24.0 Å². The summed E-state index contributed by atoms with van der Waals surface area (Å²) in [6.45, 7) is 9.72. The first-order chi connectivity index (χ1) is 13.3. The second-order valence-corrected chi connectivity index (χ2v) is 7.20. The molecule has 2 fully saturated rings. The number of rotatable bonds is 12. The molecule has 0 bridgehead atoms. The summed E-state index contributed by atoms with van der Waals surface area (Å²) in [6, 6.07) is 0. The fourth-order valence-electron chi connectivity index (χ4n) is 3.46. The number of halogens is 1. The van der Waals surface area contributed by atoms with E-state index in [2.05, 4.69) is 17.1 Å². The second-order valence-electron chi connectivity index (χ2n) is 7.20. The third kappa shape index (κ3) is 10.6. The normalized spacial score (nSPS) is 21.0. The summed E-state index contributed by atoms with van der Waals surface area (Å²) in [4.78, 5) is 7.13. The van der Waals surface area contributed by atoms with Crippen molar-refractivity contribution in [1.82, 2.24) is 10.2 Å². The Morgan fingerprint density at radius 1 is 1.14 bits per heavy atom. The van der Waals surface area contributed by atoms with Crippen LogP contribution in [0.2, 0.25) is 0 Å². The molecule has 2 aliphatic rings. The number of aliphatic imine (C=N–C) groups is 1. The van der Waals surface area contributed by atoms with E-state index in [1.54, 1.807) is 7.11 Å². The van der Waals surface area contributed by atoms with E-state index in [0.717, 1.165) is 97.3 Å². The van der Waals surface area contributed by atoms with Gasteiger partial charge in [0, 0.05) is 59.7 Å². The monoisotopic (exact) mass is 513 g/mol. The van der Waals surface area contributed by atoms with Crippen molar-refractivity contribution in [2.45, 2.75) is 57.7 Å². The predicted octanol–water partition coefficient (Wildman–Crippen LogP) is 2.67. The molecule has 0 saturated carbocycles. The minimum Gasteiger partial charge on any atom is -0.385 e. The van der Waals surface area contributed by atoms with Crippen LogP contribution in [0.3, 0.4) is 0 Å². The van der Waals surface area contributed by atoms with Crippen molar-refractivity contribution in [1.29, 1.82) is 0 Å². The van der Waals surface area contributed by atoms with Gasteiger partial charge < -0.3 is 29.2 Å². The lowest BCUT2D eigenvalue weighted by atomic mass is 10.1. The van der Waals surface area contributed by atoms with Crippen molar-refractivity contribution in [2.24, 2.45) is 4.99 Å². The molecule has 2 heterocycles. The van der Waals surface area contributed by atoms with Gasteiger partial charge >= 0.3 is 0 Å². The van der Waals surface area contributed by atoms with Gasteiger partial charge in [0.1, 0.15) is 0 Å². The molecule has 1 unspecified atom stereocenters. The number of nitrogens with zero attached hydrogens (tertiary/aromatic N) is 2. The maximum Gasteiger partial charge on any atom is 0.193 e. The quantitative estimate of drug-likeness (QED) is 0.188. The summed E-state index contributed by atoms with van der Waals surface area (Å²) in [5, 5.41) is 3.42. The molecule has 0 aromatic carbocycles. The molecule has 0 spiro atoms. The van der Waals surface area contributed by atoms with Crippen LogP contribution in [0.5, 0.6) is 0 Å². The Kier molecular flexibility index (Phi) is 15.4. The van der Waals surface area contributed by atoms with E-state index < -0.39 is 0 Å². The lowest BCUT2D eigenvalue weighted by Crippen LogP contribution is -2.47. The molecule has 0 aromatic rings. The highest BCUT2D eigenvalue weighted by molar-refractivity contribution is 14.0. The Hall–Kier alpha value is -0.160. The molecule has 2 aliphatic heterocycles. The fourth-order valence-corrected chi connectivity index (χ4v) is 3.46. The lowest BCUT2D eigenvalue weighted by molar-refractivity contribution is 0.00984. The smallest absolute Gasteiger partial charge is 0.193 e. The molecule has 0 aromatic heterocycles. The number of hydrogen-bond acceptors (Lipinski definition) is 5. The zero-order valence-electron chi connectivity index (χ0n) is 17.7. The average molecular weight is 513 g/mol. The average Bonchev–Trinajstić information content (AvgIpc) is 3.21. The summed E-state index contributed by atoms with van der Waals surface area (Å²) < 4.78 is 22.3. The van der Waals surface area contributed by atoms with E-state index >= 15 is 0 Å². The second kappa shape index (κ2) is 16.6. The molecule has 7 nitrogen and oxygen atoms in total. The van der Waals surface area contributed by atoms with Gasteiger partial charge in [-0.3, -0.25) is 4.99 Å². The van der Waals surface area contributed by atoms with Crippen LogP contribution >= 0.6 is 24.0 Å². The van der Waals surface area contributed by atoms with Crippen molar-refractivity contribution in [2.75, 3.05) is 66.3 Å². The number of hydrogen-bond donors (Lipinski definition) is 1. The molecule has 0 aliphatic carbocycles. The standard InChI is InChI=1S/C20H39N3O4.HI/c1-3-21-20(22-10-5-14-25-17-19-7-4-15-27-19)23-11-8-18(9-12-23)26-16-6-13-24-2;/h18-19H,3-17H2,1-2H3,(H,21,22);1H. The van der Waals surface area contributed by atoms with Crippen LogP contribution in [-0.2, 0) is 18.9 Å². The summed E-state index contributed by atoms with van der Waals surface area (Å²) in [7, 11) is 1.73. The van der Waals surface area contributed by atoms with Crippen LogP contribution < -0.4 is 5.32 Å². The van der Waals surface area contributed by atoms with Gasteiger partial charge in [0.15, 0.2) is 5.96 Å². The van der Waals surface area contributed by atoms with Crippen LogP contribution in [0, 0.1) is 0 Å². The molecule has 1 atom stereocenters. The SMILES string of the molecule is CCNC(=NCCCOCC1CCCO1)N1CCC(OCCCOC)CC1.I. The van der Waals surface area contributed by atoms with Crippen LogP contribution in [-0.4, -0.2) is 89.4 Å². The van der Waals surface area contributed by atoms with Crippen LogP contribution in [0.25, 0.3) is 0 Å². The molecular weight excluding hydrogens is 473 g/mol. The number of piperidine rings is 1. The highest BCUT2D eigenvalue weighted by Gasteiger charge is 2.21. The van der Waals surface area contributed by atoms with E-state index in [-0.39, 0.29) is 24.0 Å². The number of ether oxygens (including phenoxy) is 4. The Morgan fingerprint density at radius 3 is 2.64 bits per heavy atom. The Labute approximate surface area is 187 Å². The first-order valence-corrected chi connectivity index (χ1v) is 10.7. The van der Waals surface area contributed by atoms with Gasteiger partial charge in [-0.2, -0.15) is 0 Å². The molecule has 1 N–H and O–H groups in total. The van der Waals surface area contributed by atoms with Crippen LogP contribution in [0.4, 0.5) is 0 Å². The third-order valence-electron chi connectivity index (χ3n) is 4.96. The minimum atomic E-state index is 0. The summed E-state index contributed by atoms with van der Waals surface area (Å²) in [5.74, 6) is 1.02. The zero-order valence-corrected chi connectivity index (χ0v) is 20.0. The van der Waals surface area contributed by atoms with Crippen LogP contribution in [0.1, 0.15) is 45.4 Å². The predicted molar refractivity (Wildman–Crippen MR) is 123 cm³/mol. The topological polar surface area (TPSA) is 64.6 Å². The summed E-state index contributed by atoms with van der Waals surface area (Å²) in [6.07, 6.45) is 7.00. The summed E-state index contributed by atoms with van der Waals surface area (Å²) >= 11 is 0. The van der Waals surface area contributed by atoms with E-state index in [0.29, 0.717) is 12.2 Å². The molecule has 28 heavy (non-hydrogen) atoms.